The fourth-order valence-corrected chi connectivity index (χ4v) is 2.89. The Hall–Kier alpha value is -0.290. The average molecular weight is 344 g/mol. The van der Waals surface area contributed by atoms with Gasteiger partial charge in [-0.1, -0.05) is 19.9 Å². The standard InChI is InChI=1S/C14H21IN2/c1-10-11(15)5-4-6-12(10)17-13-7-8-16-9-14(13,2)3/h4-6,13,16-17H,7-9H2,1-3H3. The molecule has 0 saturated carbocycles. The van der Waals surface area contributed by atoms with Crippen molar-refractivity contribution in [3.05, 3.63) is 27.3 Å². The molecular weight excluding hydrogens is 323 g/mol. The highest BCUT2D eigenvalue weighted by Crippen LogP contribution is 2.30. The first-order valence-electron chi connectivity index (χ1n) is 6.23. The summed E-state index contributed by atoms with van der Waals surface area (Å²) in [7, 11) is 0. The fraction of sp³-hybridized carbons (Fsp3) is 0.571. The summed E-state index contributed by atoms with van der Waals surface area (Å²) in [6.45, 7) is 9.07. The second-order valence-electron chi connectivity index (χ2n) is 5.56. The van der Waals surface area contributed by atoms with Gasteiger partial charge in [0.25, 0.3) is 0 Å². The highest BCUT2D eigenvalue weighted by Gasteiger charge is 2.32. The summed E-state index contributed by atoms with van der Waals surface area (Å²) in [4.78, 5) is 0. The molecular formula is C14H21IN2. The van der Waals surface area contributed by atoms with Crippen LogP contribution in [-0.4, -0.2) is 19.1 Å². The topological polar surface area (TPSA) is 24.1 Å². The van der Waals surface area contributed by atoms with Crippen molar-refractivity contribution < 1.29 is 0 Å². The minimum absolute atomic E-state index is 0.311. The first-order valence-corrected chi connectivity index (χ1v) is 7.31. The second-order valence-corrected chi connectivity index (χ2v) is 6.73. The molecule has 1 saturated heterocycles. The summed E-state index contributed by atoms with van der Waals surface area (Å²) >= 11 is 2.40. The third-order valence-corrected chi connectivity index (χ3v) is 4.90. The molecule has 0 spiro atoms. The smallest absolute Gasteiger partial charge is 0.0382 e. The maximum Gasteiger partial charge on any atom is 0.0382 e. The molecule has 1 aliphatic heterocycles. The monoisotopic (exact) mass is 344 g/mol. The van der Waals surface area contributed by atoms with Gasteiger partial charge in [-0.2, -0.15) is 0 Å². The Morgan fingerprint density at radius 2 is 2.18 bits per heavy atom. The number of hydrogen-bond donors (Lipinski definition) is 2. The Kier molecular flexibility index (Phi) is 3.98. The largest absolute Gasteiger partial charge is 0.381 e. The van der Waals surface area contributed by atoms with Crippen molar-refractivity contribution in [2.24, 2.45) is 5.41 Å². The zero-order chi connectivity index (χ0) is 12.5. The van der Waals surface area contributed by atoms with Crippen molar-refractivity contribution in [1.82, 2.24) is 5.32 Å². The Bertz CT molecular complexity index is 401. The van der Waals surface area contributed by atoms with E-state index in [9.17, 15) is 0 Å². The molecule has 1 unspecified atom stereocenters. The maximum atomic E-state index is 3.74. The molecule has 17 heavy (non-hydrogen) atoms. The first kappa shape index (κ1) is 13.1. The zero-order valence-electron chi connectivity index (χ0n) is 10.8. The molecule has 0 radical (unpaired) electrons. The van der Waals surface area contributed by atoms with Crippen molar-refractivity contribution in [3.8, 4) is 0 Å². The average Bonchev–Trinajstić information content (AvgIpc) is 2.27. The van der Waals surface area contributed by atoms with Crippen LogP contribution in [0, 0.1) is 15.9 Å². The van der Waals surface area contributed by atoms with E-state index in [1.165, 1.54) is 21.2 Å². The van der Waals surface area contributed by atoms with Gasteiger partial charge in [-0.25, -0.2) is 0 Å². The molecule has 3 heteroatoms. The molecule has 1 heterocycles. The van der Waals surface area contributed by atoms with Crippen LogP contribution in [0.3, 0.4) is 0 Å². The van der Waals surface area contributed by atoms with Crippen LogP contribution in [0.1, 0.15) is 25.8 Å². The summed E-state index contributed by atoms with van der Waals surface area (Å²) in [5, 5.41) is 7.21. The van der Waals surface area contributed by atoms with E-state index in [1.54, 1.807) is 0 Å². The molecule has 2 rings (SSSR count). The van der Waals surface area contributed by atoms with Crippen LogP contribution in [-0.2, 0) is 0 Å². The molecule has 1 aliphatic rings. The van der Waals surface area contributed by atoms with Crippen LogP contribution in [0.2, 0.25) is 0 Å². The normalized spacial score (nSPS) is 23.4. The third-order valence-electron chi connectivity index (χ3n) is 3.73. The van der Waals surface area contributed by atoms with Gasteiger partial charge in [0, 0.05) is 21.8 Å². The lowest BCUT2D eigenvalue weighted by Gasteiger charge is -2.40. The molecule has 0 aliphatic carbocycles. The summed E-state index contributed by atoms with van der Waals surface area (Å²) in [5.74, 6) is 0. The zero-order valence-corrected chi connectivity index (χ0v) is 13.0. The number of piperidine rings is 1. The number of benzene rings is 1. The number of hydrogen-bond acceptors (Lipinski definition) is 2. The van der Waals surface area contributed by atoms with Gasteiger partial charge >= 0.3 is 0 Å². The predicted molar refractivity (Wildman–Crippen MR) is 82.6 cm³/mol. The Labute approximate surface area is 118 Å². The molecule has 0 bridgehead atoms. The summed E-state index contributed by atoms with van der Waals surface area (Å²) in [5.41, 5.74) is 2.96. The van der Waals surface area contributed by atoms with Gasteiger partial charge in [0.15, 0.2) is 0 Å². The van der Waals surface area contributed by atoms with E-state index >= 15 is 0 Å². The van der Waals surface area contributed by atoms with Crippen LogP contribution < -0.4 is 10.6 Å². The van der Waals surface area contributed by atoms with Crippen molar-refractivity contribution >= 4 is 28.3 Å². The van der Waals surface area contributed by atoms with Gasteiger partial charge in [-0.15, -0.1) is 0 Å². The van der Waals surface area contributed by atoms with Gasteiger partial charge in [0.1, 0.15) is 0 Å². The highest BCUT2D eigenvalue weighted by atomic mass is 127. The van der Waals surface area contributed by atoms with Gasteiger partial charge in [-0.3, -0.25) is 0 Å². The molecule has 1 aromatic rings. The van der Waals surface area contributed by atoms with E-state index in [1.807, 2.05) is 0 Å². The number of rotatable bonds is 2. The lowest BCUT2D eigenvalue weighted by molar-refractivity contribution is 0.236. The summed E-state index contributed by atoms with van der Waals surface area (Å²) < 4.78 is 1.33. The minimum Gasteiger partial charge on any atom is -0.381 e. The van der Waals surface area contributed by atoms with E-state index in [0.717, 1.165) is 13.1 Å². The minimum atomic E-state index is 0.311. The van der Waals surface area contributed by atoms with Crippen molar-refractivity contribution in [2.75, 3.05) is 18.4 Å². The van der Waals surface area contributed by atoms with Crippen LogP contribution in [0.4, 0.5) is 5.69 Å². The quantitative estimate of drug-likeness (QED) is 0.804. The SMILES string of the molecule is Cc1c(I)cccc1NC1CCNCC1(C)C. The lowest BCUT2D eigenvalue weighted by atomic mass is 9.80. The second kappa shape index (κ2) is 5.14. The summed E-state index contributed by atoms with van der Waals surface area (Å²) in [6, 6.07) is 7.04. The van der Waals surface area contributed by atoms with Crippen LogP contribution in [0.15, 0.2) is 18.2 Å². The molecule has 0 aromatic heterocycles. The van der Waals surface area contributed by atoms with E-state index in [2.05, 4.69) is 72.2 Å². The van der Waals surface area contributed by atoms with Crippen molar-refractivity contribution in [1.29, 1.82) is 0 Å². The fourth-order valence-electron chi connectivity index (χ4n) is 2.39. The number of nitrogens with one attached hydrogen (secondary N) is 2. The summed E-state index contributed by atoms with van der Waals surface area (Å²) in [6.07, 6.45) is 1.19. The molecule has 0 amide bonds. The highest BCUT2D eigenvalue weighted by molar-refractivity contribution is 14.1. The van der Waals surface area contributed by atoms with E-state index < -0.39 is 0 Å². The molecule has 1 atom stereocenters. The Morgan fingerprint density at radius 3 is 2.88 bits per heavy atom. The van der Waals surface area contributed by atoms with Crippen LogP contribution in [0.5, 0.6) is 0 Å². The van der Waals surface area contributed by atoms with E-state index in [4.69, 9.17) is 0 Å². The maximum absolute atomic E-state index is 3.74. The first-order chi connectivity index (χ1) is 8.00. The third kappa shape index (κ3) is 2.94. The number of halogens is 1. The van der Waals surface area contributed by atoms with Gasteiger partial charge in [-0.05, 0) is 65.6 Å². The number of anilines is 1. The Balaban J connectivity index is 2.17. The Morgan fingerprint density at radius 1 is 1.41 bits per heavy atom. The molecule has 94 valence electrons. The van der Waals surface area contributed by atoms with Crippen molar-refractivity contribution in [2.45, 2.75) is 33.2 Å². The molecule has 1 fully saturated rings. The lowest BCUT2D eigenvalue weighted by Crippen LogP contribution is -2.49. The van der Waals surface area contributed by atoms with Crippen LogP contribution >= 0.6 is 22.6 Å². The van der Waals surface area contributed by atoms with E-state index in [-0.39, 0.29) is 0 Å². The molecule has 1 aromatic carbocycles. The van der Waals surface area contributed by atoms with Crippen molar-refractivity contribution in [3.63, 3.8) is 0 Å². The predicted octanol–water partition coefficient (Wildman–Crippen LogP) is 3.40. The van der Waals surface area contributed by atoms with Gasteiger partial charge in [0.05, 0.1) is 0 Å². The van der Waals surface area contributed by atoms with Gasteiger partial charge in [0.2, 0.25) is 0 Å². The van der Waals surface area contributed by atoms with Crippen LogP contribution in [0.25, 0.3) is 0 Å². The van der Waals surface area contributed by atoms with E-state index in [0.29, 0.717) is 11.5 Å². The molecule has 2 N–H and O–H groups in total. The molecule has 2 nitrogen and oxygen atoms in total. The van der Waals surface area contributed by atoms with Gasteiger partial charge < -0.3 is 10.6 Å².